The zero-order valence-corrected chi connectivity index (χ0v) is 15.4. The van der Waals surface area contributed by atoms with E-state index in [1.54, 1.807) is 15.4 Å². The molecule has 2 N–H and O–H groups in total. The normalized spacial score (nSPS) is 24.6. The molecule has 5 rings (SSSR count). The van der Waals surface area contributed by atoms with Crippen LogP contribution in [0.15, 0.2) is 12.5 Å². The Morgan fingerprint density at radius 2 is 2.10 bits per heavy atom. The number of imidazole rings is 1. The number of anilines is 1. The van der Waals surface area contributed by atoms with E-state index in [0.717, 1.165) is 0 Å². The first-order valence-electron chi connectivity index (χ1n) is 8.80. The van der Waals surface area contributed by atoms with Crippen LogP contribution >= 0.6 is 0 Å². The molecule has 0 unspecified atom stereocenters. The lowest BCUT2D eigenvalue weighted by Crippen LogP contribution is -2.38. The predicted molar refractivity (Wildman–Crippen MR) is 93.9 cm³/mol. The molecule has 2 aliphatic rings. The fourth-order valence-electron chi connectivity index (χ4n) is 3.84. The quantitative estimate of drug-likeness (QED) is 0.570. The average Bonchev–Trinajstić information content (AvgIpc) is 3.35. The van der Waals surface area contributed by atoms with Crippen LogP contribution in [-0.4, -0.2) is 65.3 Å². The third kappa shape index (κ3) is 2.54. The van der Waals surface area contributed by atoms with E-state index in [9.17, 15) is 9.59 Å². The lowest BCUT2D eigenvalue weighted by Gasteiger charge is -2.29. The number of nitrogens with zero attached hydrogens (tertiary/aromatic N) is 7. The van der Waals surface area contributed by atoms with Crippen molar-refractivity contribution < 1.29 is 23.8 Å². The van der Waals surface area contributed by atoms with Gasteiger partial charge in [-0.1, -0.05) is 5.21 Å². The van der Waals surface area contributed by atoms with Crippen LogP contribution in [0.5, 0.6) is 0 Å². The second-order valence-corrected chi connectivity index (χ2v) is 6.73. The summed E-state index contributed by atoms with van der Waals surface area (Å²) < 4.78 is 20.2. The summed E-state index contributed by atoms with van der Waals surface area (Å²) in [6.07, 6.45) is 0.686. The maximum atomic E-state index is 11.8. The molecule has 4 atom stereocenters. The van der Waals surface area contributed by atoms with Crippen molar-refractivity contribution in [2.24, 2.45) is 0 Å². The van der Waals surface area contributed by atoms with Crippen LogP contribution < -0.4 is 5.73 Å². The molecule has 0 saturated carbocycles. The van der Waals surface area contributed by atoms with Gasteiger partial charge in [0.15, 0.2) is 35.1 Å². The molecule has 0 aliphatic carbocycles. The summed E-state index contributed by atoms with van der Waals surface area (Å²) in [6, 6.07) is -0.571. The lowest BCUT2D eigenvalue weighted by atomic mass is 10.1. The number of esters is 2. The monoisotopic (exact) mass is 400 g/mol. The van der Waals surface area contributed by atoms with Crippen LogP contribution in [0.3, 0.4) is 0 Å². The van der Waals surface area contributed by atoms with Crippen molar-refractivity contribution in [3.8, 4) is 11.5 Å². The molecular weight excluding hydrogens is 384 g/mol. The highest BCUT2D eigenvalue weighted by Crippen LogP contribution is 2.48. The molecule has 1 fully saturated rings. The molecule has 0 amide bonds. The second-order valence-electron chi connectivity index (χ2n) is 6.73. The third-order valence-electron chi connectivity index (χ3n) is 4.91. The zero-order valence-electron chi connectivity index (χ0n) is 15.4. The molecule has 13 nitrogen and oxygen atoms in total. The standard InChI is InChI=1S/C16H16N8O5/c1-6(25)27-4-9-12(28-7(2)26)11-16(29-9)23-14(8-3-20-22-24(8)11)21-10-13(17)18-5-19-15(10)23/h3,5,9,11-12,16H,4H2,1-2H3,(H2,17,18,19)/t9-,11+,12-,16-/m1/s1. The van der Waals surface area contributed by atoms with Crippen molar-refractivity contribution in [2.75, 3.05) is 12.3 Å². The van der Waals surface area contributed by atoms with E-state index < -0.39 is 36.4 Å². The van der Waals surface area contributed by atoms with Gasteiger partial charge in [0.1, 0.15) is 30.8 Å². The van der Waals surface area contributed by atoms with E-state index in [0.29, 0.717) is 22.7 Å². The molecule has 3 aromatic heterocycles. The van der Waals surface area contributed by atoms with Gasteiger partial charge in [0.05, 0.1) is 6.20 Å². The van der Waals surface area contributed by atoms with Crippen LogP contribution in [0, 0.1) is 0 Å². The van der Waals surface area contributed by atoms with Gasteiger partial charge in [0.2, 0.25) is 0 Å². The van der Waals surface area contributed by atoms with Gasteiger partial charge in [-0.25, -0.2) is 19.6 Å². The van der Waals surface area contributed by atoms with Gasteiger partial charge in [-0.15, -0.1) is 5.10 Å². The number of nitrogen functional groups attached to an aromatic ring is 1. The Kier molecular flexibility index (Phi) is 3.74. The van der Waals surface area contributed by atoms with E-state index in [1.807, 2.05) is 0 Å². The van der Waals surface area contributed by atoms with E-state index in [1.165, 1.54) is 20.2 Å². The number of carbonyl (C=O) groups excluding carboxylic acids is 2. The van der Waals surface area contributed by atoms with Gasteiger partial charge in [0, 0.05) is 13.8 Å². The van der Waals surface area contributed by atoms with Crippen molar-refractivity contribution in [1.29, 1.82) is 0 Å². The van der Waals surface area contributed by atoms with E-state index >= 15 is 0 Å². The van der Waals surface area contributed by atoms with Crippen LogP contribution in [0.1, 0.15) is 26.1 Å². The van der Waals surface area contributed by atoms with Crippen molar-refractivity contribution in [2.45, 2.75) is 38.3 Å². The first kappa shape index (κ1) is 17.5. The Labute approximate surface area is 162 Å². The highest BCUT2D eigenvalue weighted by atomic mass is 16.6. The van der Waals surface area contributed by atoms with E-state index in [-0.39, 0.29) is 12.4 Å². The molecule has 0 spiro atoms. The van der Waals surface area contributed by atoms with Crippen LogP contribution in [0.25, 0.3) is 22.7 Å². The molecule has 0 bridgehead atoms. The first-order valence-corrected chi connectivity index (χ1v) is 8.80. The smallest absolute Gasteiger partial charge is 0.303 e. The lowest BCUT2D eigenvalue weighted by molar-refractivity contribution is -0.156. The molecular formula is C16H16N8O5. The van der Waals surface area contributed by atoms with Crippen molar-refractivity contribution in [3.05, 3.63) is 12.5 Å². The Bertz CT molecular complexity index is 1140. The highest BCUT2D eigenvalue weighted by molar-refractivity contribution is 5.85. The number of aromatic nitrogens is 7. The van der Waals surface area contributed by atoms with Gasteiger partial charge < -0.3 is 19.9 Å². The Morgan fingerprint density at radius 3 is 2.86 bits per heavy atom. The fraction of sp³-hybridized carbons (Fsp3) is 0.438. The maximum Gasteiger partial charge on any atom is 0.303 e. The summed E-state index contributed by atoms with van der Waals surface area (Å²) in [6.45, 7) is 2.50. The number of rotatable bonds is 3. The summed E-state index contributed by atoms with van der Waals surface area (Å²) >= 11 is 0. The number of hydrogen-bond donors (Lipinski definition) is 1. The predicted octanol–water partition coefficient (Wildman–Crippen LogP) is -0.386. The van der Waals surface area contributed by atoms with Gasteiger partial charge in [-0.3, -0.25) is 14.2 Å². The van der Waals surface area contributed by atoms with Crippen molar-refractivity contribution in [3.63, 3.8) is 0 Å². The molecule has 0 radical (unpaired) electrons. The molecule has 3 aromatic rings. The fourth-order valence-corrected chi connectivity index (χ4v) is 3.84. The minimum atomic E-state index is -0.776. The van der Waals surface area contributed by atoms with Gasteiger partial charge in [-0.05, 0) is 0 Å². The minimum Gasteiger partial charge on any atom is -0.463 e. The van der Waals surface area contributed by atoms with Gasteiger partial charge in [-0.2, -0.15) is 0 Å². The molecule has 1 saturated heterocycles. The highest BCUT2D eigenvalue weighted by Gasteiger charge is 2.54. The Morgan fingerprint density at radius 1 is 1.28 bits per heavy atom. The number of carbonyl (C=O) groups is 2. The SMILES string of the molecule is CC(=O)OC[C@H]1O[C@@H]2[C@H]([C@@H]1OC(C)=O)n1nncc1-c1nc3c(N)ncnc3n12. The zero-order chi connectivity index (χ0) is 20.3. The maximum absolute atomic E-state index is 11.8. The summed E-state index contributed by atoms with van der Waals surface area (Å²) in [5, 5.41) is 8.12. The number of ether oxygens (including phenoxy) is 3. The van der Waals surface area contributed by atoms with Crippen LogP contribution in [0.2, 0.25) is 0 Å². The topological polar surface area (TPSA) is 162 Å². The van der Waals surface area contributed by atoms with Gasteiger partial charge in [0.25, 0.3) is 0 Å². The Hall–Kier alpha value is -3.61. The van der Waals surface area contributed by atoms with E-state index in [2.05, 4.69) is 25.3 Å². The van der Waals surface area contributed by atoms with Crippen molar-refractivity contribution >= 4 is 28.9 Å². The average molecular weight is 400 g/mol. The third-order valence-corrected chi connectivity index (χ3v) is 4.91. The molecule has 2 aliphatic heterocycles. The Balaban J connectivity index is 1.68. The molecule has 0 aromatic carbocycles. The summed E-state index contributed by atoms with van der Waals surface area (Å²) in [5.74, 6) is -0.256. The first-order chi connectivity index (χ1) is 14.0. The minimum absolute atomic E-state index is 0.0939. The van der Waals surface area contributed by atoms with E-state index in [4.69, 9.17) is 19.9 Å². The summed E-state index contributed by atoms with van der Waals surface area (Å²) in [4.78, 5) is 35.9. The number of nitrogens with two attached hydrogens (primary N) is 1. The van der Waals surface area contributed by atoms with Crippen LogP contribution in [-0.2, 0) is 23.8 Å². The summed E-state index contributed by atoms with van der Waals surface area (Å²) in [7, 11) is 0. The largest absolute Gasteiger partial charge is 0.463 e. The van der Waals surface area contributed by atoms with Crippen LogP contribution in [0.4, 0.5) is 5.82 Å². The molecule has 29 heavy (non-hydrogen) atoms. The van der Waals surface area contributed by atoms with Gasteiger partial charge >= 0.3 is 11.9 Å². The summed E-state index contributed by atoms with van der Waals surface area (Å²) in [5.41, 5.74) is 7.42. The molecule has 13 heteroatoms. The molecule has 5 heterocycles. The molecule has 150 valence electrons. The number of fused-ring (bicyclic) bond motifs is 8. The number of hydrogen-bond acceptors (Lipinski definition) is 11. The van der Waals surface area contributed by atoms with Crippen molar-refractivity contribution in [1.82, 2.24) is 34.5 Å². The second kappa shape index (κ2) is 6.20.